The van der Waals surface area contributed by atoms with Crippen molar-refractivity contribution in [3.05, 3.63) is 59.9 Å². The second-order valence-electron chi connectivity index (χ2n) is 8.04. The molecule has 2 aliphatic rings. The van der Waals surface area contributed by atoms with Gasteiger partial charge in [-0.3, -0.25) is 9.59 Å². The highest BCUT2D eigenvalue weighted by Gasteiger charge is 2.43. The summed E-state index contributed by atoms with van der Waals surface area (Å²) < 4.78 is 21.5. The van der Waals surface area contributed by atoms with Crippen molar-refractivity contribution in [1.29, 1.82) is 0 Å². The molecule has 1 fully saturated rings. The van der Waals surface area contributed by atoms with Crippen LogP contribution < -0.4 is 0 Å². The van der Waals surface area contributed by atoms with E-state index in [0.29, 0.717) is 38.4 Å². The predicted molar refractivity (Wildman–Crippen MR) is 122 cm³/mol. The van der Waals surface area contributed by atoms with Crippen LogP contribution in [0.15, 0.2) is 54.3 Å². The van der Waals surface area contributed by atoms with Gasteiger partial charge in [0.15, 0.2) is 11.9 Å². The molecule has 184 valence electrons. The summed E-state index contributed by atoms with van der Waals surface area (Å²) in [6.45, 7) is 3.18. The van der Waals surface area contributed by atoms with Crippen molar-refractivity contribution in [2.75, 3.05) is 39.6 Å². The molecule has 2 amide bonds. The maximum Gasteiger partial charge on any atom is 0.416 e. The first-order valence-corrected chi connectivity index (χ1v) is 11.4. The third-order valence-corrected chi connectivity index (χ3v) is 5.53. The summed E-state index contributed by atoms with van der Waals surface area (Å²) in [7, 11) is 0. The number of hydrogen-bond donors (Lipinski definition) is 1. The Morgan fingerprint density at radius 1 is 1.15 bits per heavy atom. The molecule has 0 aromatic heterocycles. The molecule has 3 rings (SSSR count). The number of ketones is 1. The number of amides is 2. The molecule has 0 unspecified atom stereocenters. The fourth-order valence-corrected chi connectivity index (χ4v) is 3.75. The topological polar surface area (TPSA) is 112 Å². The van der Waals surface area contributed by atoms with E-state index in [-0.39, 0.29) is 25.6 Å². The minimum atomic E-state index is -1.03. The Morgan fingerprint density at radius 2 is 1.88 bits per heavy atom. The highest BCUT2D eigenvalue weighted by Crippen LogP contribution is 2.25. The van der Waals surface area contributed by atoms with Crippen molar-refractivity contribution in [1.82, 2.24) is 4.90 Å². The monoisotopic (exact) mass is 473 g/mol. The van der Waals surface area contributed by atoms with Crippen LogP contribution in [0.5, 0.6) is 0 Å². The Labute approximate surface area is 198 Å². The van der Waals surface area contributed by atoms with Crippen LogP contribution >= 0.6 is 0 Å². The maximum atomic E-state index is 13.2. The molecule has 9 heteroatoms. The van der Waals surface area contributed by atoms with Crippen LogP contribution in [0.3, 0.4) is 0 Å². The van der Waals surface area contributed by atoms with E-state index >= 15 is 0 Å². The van der Waals surface area contributed by atoms with Gasteiger partial charge in [-0.25, -0.2) is 9.69 Å². The fourth-order valence-electron chi connectivity index (χ4n) is 3.75. The van der Waals surface area contributed by atoms with E-state index in [1.54, 1.807) is 19.1 Å². The molecule has 1 aromatic carbocycles. The van der Waals surface area contributed by atoms with Crippen molar-refractivity contribution in [2.24, 2.45) is 5.92 Å². The second-order valence-corrected chi connectivity index (χ2v) is 8.04. The van der Waals surface area contributed by atoms with Gasteiger partial charge in [0.25, 0.3) is 0 Å². The van der Waals surface area contributed by atoms with E-state index in [0.717, 1.165) is 10.5 Å². The molecule has 0 spiro atoms. The van der Waals surface area contributed by atoms with Gasteiger partial charge in [-0.2, -0.15) is 0 Å². The summed E-state index contributed by atoms with van der Waals surface area (Å²) in [5, 5.41) is 8.65. The van der Waals surface area contributed by atoms with Crippen molar-refractivity contribution >= 4 is 17.8 Å². The highest BCUT2D eigenvalue weighted by atomic mass is 16.6. The first-order valence-electron chi connectivity index (χ1n) is 11.4. The largest absolute Gasteiger partial charge is 0.482 e. The Bertz CT molecular complexity index is 897. The lowest BCUT2D eigenvalue weighted by Gasteiger charge is -2.29. The molecule has 34 heavy (non-hydrogen) atoms. The lowest BCUT2D eigenvalue weighted by molar-refractivity contribution is -0.142. The van der Waals surface area contributed by atoms with E-state index in [9.17, 15) is 14.4 Å². The number of carbonyl (C=O) groups excluding carboxylic acids is 3. The smallest absolute Gasteiger partial charge is 0.416 e. The lowest BCUT2D eigenvalue weighted by Crippen LogP contribution is -2.48. The summed E-state index contributed by atoms with van der Waals surface area (Å²) in [6.07, 6.45) is 4.01. The number of benzene rings is 1. The zero-order valence-corrected chi connectivity index (χ0v) is 19.3. The SMILES string of the molecule is C[C@H](C(=O)N1C(=O)OC[C@@H]1Cc1ccccc1)[C@@H]1OC(=CCCOCCOCCO)C=CC1=O. The van der Waals surface area contributed by atoms with Gasteiger partial charge >= 0.3 is 6.09 Å². The molecule has 2 aliphatic heterocycles. The molecule has 2 heterocycles. The van der Waals surface area contributed by atoms with Gasteiger partial charge in [-0.15, -0.1) is 0 Å². The van der Waals surface area contributed by atoms with Gasteiger partial charge < -0.3 is 24.1 Å². The maximum absolute atomic E-state index is 13.2. The van der Waals surface area contributed by atoms with E-state index in [2.05, 4.69) is 0 Å². The number of hydrogen-bond acceptors (Lipinski definition) is 8. The zero-order valence-electron chi connectivity index (χ0n) is 19.3. The number of nitrogens with zero attached hydrogens (tertiary/aromatic N) is 1. The molecule has 0 bridgehead atoms. The number of imide groups is 1. The first kappa shape index (κ1) is 25.6. The summed E-state index contributed by atoms with van der Waals surface area (Å²) in [5.41, 5.74) is 0.983. The lowest BCUT2D eigenvalue weighted by atomic mass is 9.96. The Morgan fingerprint density at radius 3 is 2.62 bits per heavy atom. The van der Waals surface area contributed by atoms with Gasteiger partial charge in [0.05, 0.1) is 45.0 Å². The van der Waals surface area contributed by atoms with Gasteiger partial charge in [0.2, 0.25) is 5.91 Å². The minimum Gasteiger partial charge on any atom is -0.482 e. The van der Waals surface area contributed by atoms with E-state index in [1.807, 2.05) is 30.3 Å². The number of cyclic esters (lactones) is 1. The number of carbonyl (C=O) groups is 3. The number of allylic oxidation sites excluding steroid dienone is 1. The molecule has 1 aromatic rings. The average molecular weight is 474 g/mol. The van der Waals surface area contributed by atoms with Crippen LogP contribution in [-0.2, 0) is 35.0 Å². The van der Waals surface area contributed by atoms with Crippen molar-refractivity contribution in [2.45, 2.75) is 31.9 Å². The van der Waals surface area contributed by atoms with Gasteiger partial charge in [-0.1, -0.05) is 30.3 Å². The Hall–Kier alpha value is -3.01. The Kier molecular flexibility index (Phi) is 9.81. The minimum absolute atomic E-state index is 0.0246. The van der Waals surface area contributed by atoms with Crippen LogP contribution in [0.4, 0.5) is 4.79 Å². The third-order valence-electron chi connectivity index (χ3n) is 5.53. The van der Waals surface area contributed by atoms with Crippen LogP contribution in [0, 0.1) is 5.92 Å². The molecular weight excluding hydrogens is 442 g/mol. The number of rotatable bonds is 12. The fraction of sp³-hybridized carbons (Fsp3) is 0.480. The quantitative estimate of drug-likeness (QED) is 0.459. The van der Waals surface area contributed by atoms with Crippen molar-refractivity contribution < 1.29 is 38.4 Å². The van der Waals surface area contributed by atoms with Crippen LogP contribution in [-0.4, -0.2) is 79.6 Å². The van der Waals surface area contributed by atoms with Crippen molar-refractivity contribution in [3.8, 4) is 0 Å². The zero-order chi connectivity index (χ0) is 24.3. The molecule has 0 aliphatic carbocycles. The molecule has 9 nitrogen and oxygen atoms in total. The molecule has 1 saturated heterocycles. The van der Waals surface area contributed by atoms with Gasteiger partial charge in [0, 0.05) is 0 Å². The van der Waals surface area contributed by atoms with Crippen LogP contribution in [0.2, 0.25) is 0 Å². The summed E-state index contributed by atoms with van der Waals surface area (Å²) in [4.78, 5) is 39.1. The van der Waals surface area contributed by atoms with Crippen LogP contribution in [0.1, 0.15) is 18.9 Å². The van der Waals surface area contributed by atoms with Gasteiger partial charge in [-0.05, 0) is 43.6 Å². The molecule has 0 saturated carbocycles. The predicted octanol–water partition coefficient (Wildman–Crippen LogP) is 2.04. The third kappa shape index (κ3) is 6.99. The van der Waals surface area contributed by atoms with Crippen LogP contribution in [0.25, 0.3) is 0 Å². The second kappa shape index (κ2) is 13.0. The molecular formula is C25H31NO8. The van der Waals surface area contributed by atoms with E-state index in [1.165, 1.54) is 6.08 Å². The van der Waals surface area contributed by atoms with E-state index < -0.39 is 30.1 Å². The average Bonchev–Trinajstić information content (AvgIpc) is 3.21. The molecule has 0 radical (unpaired) electrons. The normalized spacial score (nSPS) is 22.1. The number of aliphatic hydroxyl groups excluding tert-OH is 1. The van der Waals surface area contributed by atoms with E-state index in [4.69, 9.17) is 24.1 Å². The standard InChI is InChI=1S/C25H31NO8/c1-18(24(29)26-20(17-33-25(26)30)16-19-6-3-2-4-7-19)23-22(28)10-9-21(34-23)8-5-12-31-14-15-32-13-11-27/h2-4,6-10,18,20,23,27H,5,11-17H2,1H3/t18-,20-,23-/m0/s1. The van der Waals surface area contributed by atoms with Gasteiger partial charge in [0.1, 0.15) is 12.4 Å². The summed E-state index contributed by atoms with van der Waals surface area (Å²) in [5.74, 6) is -1.23. The summed E-state index contributed by atoms with van der Waals surface area (Å²) >= 11 is 0. The Balaban J connectivity index is 1.55. The summed E-state index contributed by atoms with van der Waals surface area (Å²) in [6, 6.07) is 9.11. The number of ether oxygens (including phenoxy) is 4. The molecule has 3 atom stereocenters. The first-order chi connectivity index (χ1) is 16.5. The number of aliphatic hydroxyl groups is 1. The molecule has 1 N–H and O–H groups in total. The highest BCUT2D eigenvalue weighted by molar-refractivity contribution is 6.01. The van der Waals surface area contributed by atoms with Crippen molar-refractivity contribution in [3.63, 3.8) is 0 Å².